The van der Waals surface area contributed by atoms with Gasteiger partial charge in [0.2, 0.25) is 0 Å². The van der Waals surface area contributed by atoms with E-state index in [4.69, 9.17) is 16.3 Å². The van der Waals surface area contributed by atoms with Crippen LogP contribution in [0, 0.1) is 0 Å². The van der Waals surface area contributed by atoms with Crippen LogP contribution in [-0.2, 0) is 10.6 Å². The molecule has 5 heteroatoms. The smallest absolute Gasteiger partial charge is 0.133 e. The molecular weight excluding hydrogens is 316 g/mol. The number of halogens is 2. The summed E-state index contributed by atoms with van der Waals surface area (Å²) < 4.78 is 6.69. The number of ether oxygens (including phenoxy) is 1. The quantitative estimate of drug-likeness (QED) is 0.791. The number of alkyl halides is 1. The van der Waals surface area contributed by atoms with Gasteiger partial charge in [-0.1, -0.05) is 6.92 Å². The van der Waals surface area contributed by atoms with E-state index in [0.29, 0.717) is 11.9 Å². The highest BCUT2D eigenvalue weighted by Gasteiger charge is 2.27. The van der Waals surface area contributed by atoms with Crippen molar-refractivity contribution in [2.24, 2.45) is 0 Å². The summed E-state index contributed by atoms with van der Waals surface area (Å²) in [6.45, 7) is 5.91. The van der Waals surface area contributed by atoms with Crippen molar-refractivity contribution in [2.45, 2.75) is 38.3 Å². The minimum atomic E-state index is 0.237. The van der Waals surface area contributed by atoms with Gasteiger partial charge in [0.25, 0.3) is 0 Å². The van der Waals surface area contributed by atoms with Gasteiger partial charge in [-0.2, -0.15) is 0 Å². The van der Waals surface area contributed by atoms with Crippen LogP contribution in [0.25, 0.3) is 0 Å². The topological polar surface area (TPSA) is 25.4 Å². The minimum Gasteiger partial charge on any atom is -0.375 e. The Hall–Kier alpha value is -0.320. The number of aromatic nitrogens is 1. The Kier molecular flexibility index (Phi) is 4.87. The standard InChI is InChI=1S/C13H18BrClN2O/c1-3-12-8-18-9(2)7-17(12)13-10(5-15)4-11(14)6-16-13/h4,6,9,12H,3,5,7-8H2,1-2H3. The number of hydrogen-bond acceptors (Lipinski definition) is 3. The van der Waals surface area contributed by atoms with Crippen LogP contribution in [0.15, 0.2) is 16.7 Å². The van der Waals surface area contributed by atoms with E-state index >= 15 is 0 Å². The highest BCUT2D eigenvalue weighted by molar-refractivity contribution is 9.10. The number of morpholine rings is 1. The third-order valence-electron chi connectivity index (χ3n) is 3.26. The lowest BCUT2D eigenvalue weighted by atomic mass is 10.1. The van der Waals surface area contributed by atoms with Crippen LogP contribution in [0.3, 0.4) is 0 Å². The van der Waals surface area contributed by atoms with Gasteiger partial charge in [-0.3, -0.25) is 0 Å². The summed E-state index contributed by atoms with van der Waals surface area (Å²) in [5, 5.41) is 0. The molecule has 18 heavy (non-hydrogen) atoms. The maximum absolute atomic E-state index is 6.03. The highest BCUT2D eigenvalue weighted by Crippen LogP contribution is 2.28. The van der Waals surface area contributed by atoms with Crippen LogP contribution in [0.2, 0.25) is 0 Å². The summed E-state index contributed by atoms with van der Waals surface area (Å²) in [5.41, 5.74) is 1.07. The Balaban J connectivity index is 2.32. The average Bonchev–Trinajstić information content (AvgIpc) is 2.38. The fourth-order valence-corrected chi connectivity index (χ4v) is 2.85. The van der Waals surface area contributed by atoms with Crippen molar-refractivity contribution >= 4 is 33.3 Å². The fourth-order valence-electron chi connectivity index (χ4n) is 2.27. The van der Waals surface area contributed by atoms with E-state index < -0.39 is 0 Å². The van der Waals surface area contributed by atoms with E-state index in [-0.39, 0.29) is 6.10 Å². The molecule has 1 fully saturated rings. The van der Waals surface area contributed by atoms with Crippen molar-refractivity contribution in [3.05, 3.63) is 22.3 Å². The molecule has 2 unspecified atom stereocenters. The van der Waals surface area contributed by atoms with E-state index in [1.165, 1.54) is 0 Å². The van der Waals surface area contributed by atoms with Crippen molar-refractivity contribution in [2.75, 3.05) is 18.1 Å². The van der Waals surface area contributed by atoms with E-state index in [9.17, 15) is 0 Å². The van der Waals surface area contributed by atoms with E-state index in [0.717, 1.165) is 35.4 Å². The van der Waals surface area contributed by atoms with Crippen LogP contribution in [0.1, 0.15) is 25.8 Å². The molecule has 2 heterocycles. The molecule has 0 aliphatic carbocycles. The molecule has 0 bridgehead atoms. The van der Waals surface area contributed by atoms with Gasteiger partial charge >= 0.3 is 0 Å². The molecule has 1 saturated heterocycles. The Morgan fingerprint density at radius 2 is 2.39 bits per heavy atom. The van der Waals surface area contributed by atoms with Crippen LogP contribution < -0.4 is 4.90 Å². The highest BCUT2D eigenvalue weighted by atomic mass is 79.9. The average molecular weight is 334 g/mol. The predicted molar refractivity (Wildman–Crippen MR) is 78.3 cm³/mol. The Bertz CT molecular complexity index is 416. The zero-order valence-corrected chi connectivity index (χ0v) is 13.0. The van der Waals surface area contributed by atoms with Gasteiger partial charge in [0.05, 0.1) is 24.6 Å². The van der Waals surface area contributed by atoms with Gasteiger partial charge in [0.1, 0.15) is 5.82 Å². The van der Waals surface area contributed by atoms with Crippen molar-refractivity contribution in [1.82, 2.24) is 4.98 Å². The summed E-state index contributed by atoms with van der Waals surface area (Å²) in [6.07, 6.45) is 3.12. The second-order valence-electron chi connectivity index (χ2n) is 4.63. The van der Waals surface area contributed by atoms with Crippen LogP contribution in [0.4, 0.5) is 5.82 Å². The van der Waals surface area contributed by atoms with E-state index in [2.05, 4.69) is 39.7 Å². The first-order valence-corrected chi connectivity index (χ1v) is 7.57. The van der Waals surface area contributed by atoms with Crippen LogP contribution >= 0.6 is 27.5 Å². The number of anilines is 1. The number of nitrogens with zero attached hydrogens (tertiary/aromatic N) is 2. The van der Waals surface area contributed by atoms with Crippen LogP contribution in [-0.4, -0.2) is 30.3 Å². The maximum atomic E-state index is 6.03. The molecule has 1 aliphatic heterocycles. The van der Waals surface area contributed by atoms with Crippen molar-refractivity contribution < 1.29 is 4.74 Å². The Labute approximate surface area is 122 Å². The summed E-state index contributed by atoms with van der Waals surface area (Å²) in [5.74, 6) is 1.47. The van der Waals surface area contributed by atoms with Gasteiger partial charge in [0.15, 0.2) is 0 Å². The molecular formula is C13H18BrClN2O. The molecule has 1 aliphatic rings. The third-order valence-corrected chi connectivity index (χ3v) is 3.99. The number of rotatable bonds is 3. The lowest BCUT2D eigenvalue weighted by molar-refractivity contribution is 0.0295. The zero-order chi connectivity index (χ0) is 13.1. The summed E-state index contributed by atoms with van der Waals surface area (Å²) in [6, 6.07) is 2.43. The maximum Gasteiger partial charge on any atom is 0.133 e. The van der Waals surface area contributed by atoms with Crippen LogP contribution in [0.5, 0.6) is 0 Å². The first-order valence-electron chi connectivity index (χ1n) is 6.24. The van der Waals surface area contributed by atoms with E-state index in [1.54, 1.807) is 0 Å². The molecule has 0 saturated carbocycles. The number of hydrogen-bond donors (Lipinski definition) is 0. The number of pyridine rings is 1. The van der Waals surface area contributed by atoms with Gasteiger partial charge < -0.3 is 9.64 Å². The molecule has 3 nitrogen and oxygen atoms in total. The van der Waals surface area contributed by atoms with E-state index in [1.807, 2.05) is 12.3 Å². The second-order valence-corrected chi connectivity index (χ2v) is 5.81. The third kappa shape index (κ3) is 2.98. The summed E-state index contributed by atoms with van der Waals surface area (Å²) in [7, 11) is 0. The van der Waals surface area contributed by atoms with Gasteiger partial charge in [-0.25, -0.2) is 4.98 Å². The second kappa shape index (κ2) is 6.22. The minimum absolute atomic E-state index is 0.237. The molecule has 1 aromatic heterocycles. The molecule has 2 atom stereocenters. The first kappa shape index (κ1) is 14.1. The van der Waals surface area contributed by atoms with Gasteiger partial charge in [-0.05, 0) is 35.3 Å². The van der Waals surface area contributed by atoms with Gasteiger partial charge in [0, 0.05) is 22.8 Å². The summed E-state index contributed by atoms with van der Waals surface area (Å²) >= 11 is 9.47. The Morgan fingerprint density at radius 3 is 3.06 bits per heavy atom. The molecule has 2 rings (SSSR count). The van der Waals surface area contributed by atoms with Crippen molar-refractivity contribution in [3.8, 4) is 0 Å². The molecule has 0 amide bonds. The fraction of sp³-hybridized carbons (Fsp3) is 0.615. The molecule has 100 valence electrons. The van der Waals surface area contributed by atoms with Gasteiger partial charge in [-0.15, -0.1) is 11.6 Å². The van der Waals surface area contributed by atoms with Crippen molar-refractivity contribution in [3.63, 3.8) is 0 Å². The van der Waals surface area contributed by atoms with Crippen molar-refractivity contribution in [1.29, 1.82) is 0 Å². The zero-order valence-electron chi connectivity index (χ0n) is 10.7. The lowest BCUT2D eigenvalue weighted by Gasteiger charge is -2.39. The Morgan fingerprint density at radius 1 is 1.61 bits per heavy atom. The molecule has 0 aromatic carbocycles. The lowest BCUT2D eigenvalue weighted by Crippen LogP contribution is -2.49. The first-order chi connectivity index (χ1) is 8.65. The molecule has 0 spiro atoms. The predicted octanol–water partition coefficient (Wildman–Crippen LogP) is 3.59. The summed E-state index contributed by atoms with van der Waals surface area (Å²) in [4.78, 5) is 6.88. The molecule has 0 N–H and O–H groups in total. The molecule has 1 aromatic rings. The largest absolute Gasteiger partial charge is 0.375 e. The monoisotopic (exact) mass is 332 g/mol. The molecule has 0 radical (unpaired) electrons. The SMILES string of the molecule is CCC1COC(C)CN1c1ncc(Br)cc1CCl. The normalized spacial score (nSPS) is 24.3.